The van der Waals surface area contributed by atoms with Gasteiger partial charge in [0.2, 0.25) is 5.91 Å². The highest BCUT2D eigenvalue weighted by atomic mass is 16.7. The summed E-state index contributed by atoms with van der Waals surface area (Å²) >= 11 is 0. The molecule has 0 bridgehead atoms. The van der Waals surface area contributed by atoms with Gasteiger partial charge in [0.25, 0.3) is 0 Å². The molecule has 20 nitrogen and oxygen atoms in total. The van der Waals surface area contributed by atoms with Gasteiger partial charge in [-0.1, -0.05) is 78.9 Å². The Morgan fingerprint density at radius 3 is 1.74 bits per heavy atom. The molecule has 20 heteroatoms. The van der Waals surface area contributed by atoms with E-state index < -0.39 is 6.16 Å². The minimum Gasteiger partial charge on any atom is -0.493 e. The average molecular weight is 1000 g/mol. The summed E-state index contributed by atoms with van der Waals surface area (Å²) in [6, 6.07) is 38.3. The number of hydrogen-bond acceptors (Lipinski definition) is 15. The van der Waals surface area contributed by atoms with Crippen molar-refractivity contribution in [3.8, 4) is 22.8 Å². The number of nitrogens with one attached hydrogen (secondary N) is 5. The molecule has 382 valence electrons. The third-order valence-corrected chi connectivity index (χ3v) is 9.97. The number of benzene rings is 4. The van der Waals surface area contributed by atoms with E-state index in [1.807, 2.05) is 107 Å². The molecule has 0 aliphatic heterocycles. The first-order valence-corrected chi connectivity index (χ1v) is 23.4. The second kappa shape index (κ2) is 28.6. The number of hydrogen-bond donors (Lipinski definition) is 5. The Balaban J connectivity index is 0.000000193. The van der Waals surface area contributed by atoms with Crippen LogP contribution in [0.1, 0.15) is 36.2 Å². The van der Waals surface area contributed by atoms with Gasteiger partial charge < -0.3 is 39.6 Å². The summed E-state index contributed by atoms with van der Waals surface area (Å²) in [6.07, 6.45) is 2.56. The van der Waals surface area contributed by atoms with Gasteiger partial charge in [0, 0.05) is 30.5 Å². The number of carbonyl (C=O) groups excluding carboxylic acids is 4. The van der Waals surface area contributed by atoms with Crippen molar-refractivity contribution < 1.29 is 42.9 Å². The Kier molecular flexibility index (Phi) is 21.0. The topological polar surface area (TPSA) is 252 Å². The van der Waals surface area contributed by atoms with E-state index in [4.69, 9.17) is 23.7 Å². The average Bonchev–Trinajstić information content (AvgIpc) is 3.40. The summed E-state index contributed by atoms with van der Waals surface area (Å²) in [4.78, 5) is 72.8. The van der Waals surface area contributed by atoms with E-state index in [0.29, 0.717) is 89.8 Å². The predicted octanol–water partition coefficient (Wildman–Crippen LogP) is 9.20. The molecule has 5 amide bonds. The van der Waals surface area contributed by atoms with Crippen molar-refractivity contribution in [3.05, 3.63) is 162 Å². The summed E-state index contributed by atoms with van der Waals surface area (Å²) in [5.41, 5.74) is 8.24. The number of nitrogens with zero attached hydrogens (tertiary/aromatic N) is 6. The molecule has 8 aromatic rings. The van der Waals surface area contributed by atoms with Crippen molar-refractivity contribution in [3.63, 3.8) is 0 Å². The number of methoxy groups -OCH3 is 1. The standard InChI is InChI=1S/C25H24N6O3.C18H20O5.C11H13N5O/c1-2-26-25(33)31-22-13-12-20-24(30-22)29-21(14-27-20)18-8-10-19(11-9-18)28-23(32)16-34-15-17-6-4-3-5-7-17;1-14-8-9-16(17(12-14)20-2)23-18(19)22-11-10-21-13-15-6-4-3-5-7-15;1-3-12-11(17)16-9-5-4-8-10(15-9)14-7(2)6-13-8/h3-14H,2,15-16H2,1H3,(H,28,32)(H2,26,29,30,31,33);3-9,12H,10-11,13H2,1-2H3;4-6H,3H2,1-2H3,(H2,12,14,15,16,17). The lowest BCUT2D eigenvalue weighted by Crippen LogP contribution is -2.28. The molecule has 4 heterocycles. The number of aromatic nitrogens is 6. The van der Waals surface area contributed by atoms with Crippen LogP contribution in [-0.2, 0) is 32.2 Å². The van der Waals surface area contributed by atoms with E-state index in [1.165, 1.54) is 7.11 Å². The van der Waals surface area contributed by atoms with Crippen LogP contribution in [0.5, 0.6) is 11.5 Å². The summed E-state index contributed by atoms with van der Waals surface area (Å²) in [6.45, 7) is 9.78. The summed E-state index contributed by atoms with van der Waals surface area (Å²) < 4.78 is 26.1. The Morgan fingerprint density at radius 1 is 0.568 bits per heavy atom. The molecular formula is C54H57N11O9. The molecule has 0 saturated carbocycles. The molecule has 0 aliphatic rings. The van der Waals surface area contributed by atoms with E-state index in [2.05, 4.69) is 56.5 Å². The Morgan fingerprint density at radius 2 is 1.15 bits per heavy atom. The van der Waals surface area contributed by atoms with E-state index in [0.717, 1.165) is 27.9 Å². The number of amides is 5. The quantitative estimate of drug-likeness (QED) is 0.0324. The van der Waals surface area contributed by atoms with Gasteiger partial charge in [-0.2, -0.15) is 0 Å². The number of fused-ring (bicyclic) bond motifs is 2. The molecule has 0 unspecified atom stereocenters. The first-order valence-electron chi connectivity index (χ1n) is 23.4. The summed E-state index contributed by atoms with van der Waals surface area (Å²) in [5, 5.41) is 13.4. The van der Waals surface area contributed by atoms with Crippen molar-refractivity contribution in [2.75, 3.05) is 56.0 Å². The third-order valence-electron chi connectivity index (χ3n) is 9.97. The van der Waals surface area contributed by atoms with Gasteiger partial charge >= 0.3 is 18.2 Å². The fourth-order valence-electron chi connectivity index (χ4n) is 6.48. The number of aryl methyl sites for hydroxylation is 2. The van der Waals surface area contributed by atoms with Crippen molar-refractivity contribution >= 4 is 63.8 Å². The molecular weight excluding hydrogens is 947 g/mol. The second-order valence-electron chi connectivity index (χ2n) is 15.8. The van der Waals surface area contributed by atoms with Gasteiger partial charge in [0.15, 0.2) is 22.8 Å². The van der Waals surface area contributed by atoms with Crippen LogP contribution in [-0.4, -0.2) is 94.0 Å². The molecule has 0 spiro atoms. The smallest absolute Gasteiger partial charge is 0.493 e. The maximum Gasteiger partial charge on any atom is 0.514 e. The third kappa shape index (κ3) is 17.9. The minimum atomic E-state index is -0.782. The van der Waals surface area contributed by atoms with Crippen LogP contribution in [0.3, 0.4) is 0 Å². The number of ether oxygens (including phenoxy) is 5. The number of urea groups is 2. The zero-order valence-electron chi connectivity index (χ0n) is 41.6. The molecule has 0 fully saturated rings. The van der Waals surface area contributed by atoms with Crippen LogP contribution < -0.4 is 36.1 Å². The van der Waals surface area contributed by atoms with Gasteiger partial charge in [-0.05, 0) is 92.9 Å². The van der Waals surface area contributed by atoms with Crippen molar-refractivity contribution in [1.82, 2.24) is 40.5 Å². The second-order valence-corrected chi connectivity index (χ2v) is 15.8. The predicted molar refractivity (Wildman–Crippen MR) is 281 cm³/mol. The van der Waals surface area contributed by atoms with Crippen LogP contribution in [0.25, 0.3) is 33.6 Å². The maximum atomic E-state index is 12.2. The first kappa shape index (κ1) is 54.2. The van der Waals surface area contributed by atoms with Gasteiger partial charge in [0.1, 0.15) is 35.9 Å². The lowest BCUT2D eigenvalue weighted by atomic mass is 10.1. The van der Waals surface area contributed by atoms with Crippen molar-refractivity contribution in [1.29, 1.82) is 0 Å². The highest BCUT2D eigenvalue weighted by Gasteiger charge is 2.12. The SMILES string of the molecule is CCNC(=O)Nc1ccc2ncc(-c3ccc(NC(=O)COCc4ccccc4)cc3)nc2n1.CCNC(=O)Nc1ccc2ncc(C)nc2n1.COc1cc(C)ccc1OC(=O)OCCOCc1ccccc1. The van der Waals surface area contributed by atoms with Crippen LogP contribution in [0, 0.1) is 13.8 Å². The Hall–Kier alpha value is -9.14. The molecule has 4 aromatic carbocycles. The highest BCUT2D eigenvalue weighted by molar-refractivity contribution is 5.92. The molecule has 5 N–H and O–H groups in total. The van der Waals surface area contributed by atoms with Crippen LogP contribution in [0.2, 0.25) is 0 Å². The van der Waals surface area contributed by atoms with Crippen molar-refractivity contribution in [2.24, 2.45) is 0 Å². The van der Waals surface area contributed by atoms with Crippen LogP contribution in [0.15, 0.2) is 140 Å². The van der Waals surface area contributed by atoms with E-state index in [9.17, 15) is 19.2 Å². The molecule has 74 heavy (non-hydrogen) atoms. The lowest BCUT2D eigenvalue weighted by molar-refractivity contribution is -0.121. The fraction of sp³-hybridized carbons (Fsp3) is 0.222. The van der Waals surface area contributed by atoms with Gasteiger partial charge in [-0.15, -0.1) is 0 Å². The molecule has 0 atom stereocenters. The maximum absolute atomic E-state index is 12.2. The first-order chi connectivity index (χ1) is 36.0. The molecule has 4 aromatic heterocycles. The largest absolute Gasteiger partial charge is 0.514 e. The van der Waals surface area contributed by atoms with Crippen LogP contribution >= 0.6 is 0 Å². The molecule has 0 saturated heterocycles. The van der Waals surface area contributed by atoms with Gasteiger partial charge in [0.05, 0.1) is 44.5 Å². The lowest BCUT2D eigenvalue weighted by Gasteiger charge is -2.10. The number of anilines is 3. The van der Waals surface area contributed by atoms with E-state index >= 15 is 0 Å². The van der Waals surface area contributed by atoms with Gasteiger partial charge in [-0.3, -0.25) is 25.4 Å². The van der Waals surface area contributed by atoms with E-state index in [1.54, 1.807) is 60.9 Å². The number of rotatable bonds is 17. The summed E-state index contributed by atoms with van der Waals surface area (Å²) in [7, 11) is 1.52. The molecule has 8 rings (SSSR count). The monoisotopic (exact) mass is 1000 g/mol. The Labute approximate surface area is 427 Å². The fourth-order valence-corrected chi connectivity index (χ4v) is 6.48. The zero-order valence-corrected chi connectivity index (χ0v) is 41.6. The highest BCUT2D eigenvalue weighted by Crippen LogP contribution is 2.28. The minimum absolute atomic E-state index is 0.0366. The number of carbonyl (C=O) groups is 4. The summed E-state index contributed by atoms with van der Waals surface area (Å²) in [5.74, 6) is 1.43. The number of pyridine rings is 2. The Bertz CT molecular complexity index is 3100. The van der Waals surface area contributed by atoms with E-state index in [-0.39, 0.29) is 31.2 Å². The molecule has 0 radical (unpaired) electrons. The molecule has 0 aliphatic carbocycles. The van der Waals surface area contributed by atoms with Crippen LogP contribution in [0.4, 0.5) is 31.7 Å². The van der Waals surface area contributed by atoms with Gasteiger partial charge in [-0.25, -0.2) is 34.3 Å². The zero-order chi connectivity index (χ0) is 52.5. The van der Waals surface area contributed by atoms with Crippen molar-refractivity contribution in [2.45, 2.75) is 40.9 Å². The normalized spacial score (nSPS) is 10.4.